The van der Waals surface area contributed by atoms with Gasteiger partial charge in [-0.25, -0.2) is 8.42 Å². The van der Waals surface area contributed by atoms with Gasteiger partial charge in [-0.2, -0.15) is 4.76 Å². The van der Waals surface area contributed by atoms with Gasteiger partial charge in [-0.15, -0.1) is 0 Å². The maximum atomic E-state index is 13.7. The Kier molecular flexibility index (Phi) is 7.63. The summed E-state index contributed by atoms with van der Waals surface area (Å²) in [7, 11) is -6.24. The fourth-order valence-corrected chi connectivity index (χ4v) is 6.54. The highest BCUT2D eigenvalue weighted by atomic mass is 79.9. The molecule has 1 aromatic carbocycles. The molecule has 2 atom stereocenters. The van der Waals surface area contributed by atoms with Crippen molar-refractivity contribution in [3.63, 3.8) is 0 Å². The van der Waals surface area contributed by atoms with Crippen LogP contribution >= 0.6 is 23.4 Å². The van der Waals surface area contributed by atoms with Gasteiger partial charge in [0.2, 0.25) is 10.0 Å². The quantitative estimate of drug-likeness (QED) is 0.388. The molecule has 1 unspecified atom stereocenters. The van der Waals surface area contributed by atoms with Crippen molar-refractivity contribution in [1.29, 1.82) is 0 Å². The monoisotopic (exact) mass is 588 g/mol. The van der Waals surface area contributed by atoms with E-state index in [2.05, 4.69) is 37.3 Å². The molecule has 0 saturated heterocycles. The molecule has 1 amide bonds. The fourth-order valence-electron chi connectivity index (χ4n) is 4.17. The Bertz CT molecular complexity index is 1290. The van der Waals surface area contributed by atoms with Gasteiger partial charge in [0.25, 0.3) is 5.91 Å². The van der Waals surface area contributed by atoms with Crippen LogP contribution in [-0.2, 0) is 23.9 Å². The zero-order chi connectivity index (χ0) is 26.3. The zero-order valence-corrected chi connectivity index (χ0v) is 23.6. The Morgan fingerprint density at radius 1 is 1.40 bits per heavy atom. The summed E-state index contributed by atoms with van der Waals surface area (Å²) in [5, 5.41) is 14.3. The molecule has 0 saturated carbocycles. The molecule has 0 fully saturated rings. The van der Waals surface area contributed by atoms with Crippen LogP contribution in [0.4, 0.5) is 11.4 Å². The second kappa shape index (κ2) is 9.72. The fraction of sp³-hybridized carbons (Fsp3) is 0.455. The highest BCUT2D eigenvalue weighted by Gasteiger charge is 2.48. The molecule has 0 aromatic heterocycles. The van der Waals surface area contributed by atoms with Crippen molar-refractivity contribution < 1.29 is 27.4 Å². The SMILES string of the molecule is C=C(Br)CCCN1C(=O)C(C2=NP(=O)(OC)c3cc(NS(C)(=O)=O)ccc3N2)=C(O)[C@@H]1C(C)(C)C. The minimum Gasteiger partial charge on any atom is -0.509 e. The van der Waals surface area contributed by atoms with Gasteiger partial charge in [0.05, 0.1) is 23.3 Å². The molecule has 1 aromatic rings. The molecule has 2 aliphatic rings. The molecular formula is C22H30BrN4O6PS. The smallest absolute Gasteiger partial charge is 0.348 e. The van der Waals surface area contributed by atoms with Crippen LogP contribution in [0, 0.1) is 5.41 Å². The number of allylic oxidation sites excluding steroid dienone is 1. The summed E-state index contributed by atoms with van der Waals surface area (Å²) in [5.74, 6) is -0.654. The maximum Gasteiger partial charge on any atom is 0.348 e. The summed E-state index contributed by atoms with van der Waals surface area (Å²) in [5.41, 5.74) is -0.0372. The van der Waals surface area contributed by atoms with Crippen molar-refractivity contribution in [3.8, 4) is 0 Å². The van der Waals surface area contributed by atoms with Crippen LogP contribution in [0.25, 0.3) is 0 Å². The Labute approximate surface area is 214 Å². The average Bonchev–Trinajstić information content (AvgIpc) is 2.96. The summed E-state index contributed by atoms with van der Waals surface area (Å²) in [6.45, 7) is 9.96. The van der Waals surface area contributed by atoms with Crippen LogP contribution < -0.4 is 15.3 Å². The Hall–Kier alpha value is -2.14. The first-order valence-electron chi connectivity index (χ1n) is 10.8. The van der Waals surface area contributed by atoms with E-state index in [1.807, 2.05) is 20.8 Å². The third kappa shape index (κ3) is 5.82. The number of aliphatic hydroxyl groups excluding tert-OH is 1. The molecule has 3 N–H and O–H groups in total. The Morgan fingerprint density at radius 2 is 2.06 bits per heavy atom. The number of anilines is 2. The van der Waals surface area contributed by atoms with E-state index in [1.165, 1.54) is 25.3 Å². The predicted octanol–water partition coefficient (Wildman–Crippen LogP) is 4.10. The van der Waals surface area contributed by atoms with E-state index in [0.717, 1.165) is 10.7 Å². The normalized spacial score (nSPS) is 22.6. The predicted molar refractivity (Wildman–Crippen MR) is 142 cm³/mol. The van der Waals surface area contributed by atoms with Crippen LogP contribution in [0.2, 0.25) is 0 Å². The van der Waals surface area contributed by atoms with Crippen molar-refractivity contribution >= 4 is 61.9 Å². The number of halogens is 1. The van der Waals surface area contributed by atoms with E-state index < -0.39 is 34.9 Å². The third-order valence-electron chi connectivity index (χ3n) is 5.54. The first kappa shape index (κ1) is 27.4. The largest absolute Gasteiger partial charge is 0.509 e. The number of amides is 1. The number of fused-ring (bicyclic) bond motifs is 1. The van der Waals surface area contributed by atoms with Crippen molar-refractivity contribution in [2.75, 3.05) is 29.9 Å². The zero-order valence-electron chi connectivity index (χ0n) is 20.3. The molecule has 10 nitrogen and oxygen atoms in total. The van der Waals surface area contributed by atoms with Gasteiger partial charge < -0.3 is 19.8 Å². The van der Waals surface area contributed by atoms with Gasteiger partial charge in [-0.1, -0.05) is 43.3 Å². The number of aliphatic hydroxyl groups is 1. The summed E-state index contributed by atoms with van der Waals surface area (Å²) >= 11 is 3.33. The lowest BCUT2D eigenvalue weighted by Gasteiger charge is -2.35. The lowest BCUT2D eigenvalue weighted by Crippen LogP contribution is -2.44. The summed E-state index contributed by atoms with van der Waals surface area (Å²) in [4.78, 5) is 15.1. The van der Waals surface area contributed by atoms with Crippen LogP contribution in [0.5, 0.6) is 0 Å². The molecule has 0 spiro atoms. The molecule has 0 radical (unpaired) electrons. The van der Waals surface area contributed by atoms with E-state index in [0.29, 0.717) is 25.1 Å². The summed E-state index contributed by atoms with van der Waals surface area (Å²) in [6.07, 6.45) is 2.30. The number of carbonyl (C=O) groups is 1. The maximum absolute atomic E-state index is 13.7. The van der Waals surface area contributed by atoms with Crippen molar-refractivity contribution in [2.45, 2.75) is 39.7 Å². The first-order chi connectivity index (χ1) is 16.1. The molecule has 2 aliphatic heterocycles. The third-order valence-corrected chi connectivity index (χ3v) is 8.48. The minimum atomic E-state index is -3.90. The Morgan fingerprint density at radius 3 is 2.60 bits per heavy atom. The van der Waals surface area contributed by atoms with Crippen LogP contribution in [0.1, 0.15) is 33.6 Å². The second-order valence-corrected chi connectivity index (χ2v) is 14.5. The molecule has 2 heterocycles. The molecule has 3 rings (SSSR count). The van der Waals surface area contributed by atoms with E-state index in [4.69, 9.17) is 4.52 Å². The number of nitrogens with one attached hydrogen (secondary N) is 2. The molecule has 13 heteroatoms. The molecular weight excluding hydrogens is 559 g/mol. The average molecular weight is 589 g/mol. The number of hydrogen-bond donors (Lipinski definition) is 3. The van der Waals surface area contributed by atoms with Crippen LogP contribution in [-0.4, -0.2) is 56.1 Å². The number of carbonyl (C=O) groups excluding carboxylic acids is 1. The van der Waals surface area contributed by atoms with Gasteiger partial charge in [0.15, 0.2) is 5.84 Å². The van der Waals surface area contributed by atoms with Gasteiger partial charge in [0.1, 0.15) is 11.3 Å². The number of sulfonamides is 1. The van der Waals surface area contributed by atoms with Gasteiger partial charge in [-0.3, -0.25) is 14.1 Å². The highest BCUT2D eigenvalue weighted by molar-refractivity contribution is 9.11. The standard InChI is InChI=1S/C22H30BrN4O6PS/c1-13(23)8-7-11-27-19(22(2,3)4)18(28)17(21(27)29)20-24-15-10-9-14(26-35(6,31)32)12-16(15)34(30,25-20)33-5/h9-10,12,19,26,28H,1,7-8,11H2,2-6H3,(H,24,25,30)/t19-,34?/m1/s1. The number of nitrogens with zero attached hydrogens (tertiary/aromatic N) is 2. The second-order valence-electron chi connectivity index (χ2n) is 9.53. The van der Waals surface area contributed by atoms with E-state index in [9.17, 15) is 22.9 Å². The molecule has 0 aliphatic carbocycles. The minimum absolute atomic E-state index is 0.0596. The van der Waals surface area contributed by atoms with E-state index in [-0.39, 0.29) is 28.2 Å². The topological polar surface area (TPSA) is 137 Å². The first-order valence-corrected chi connectivity index (χ1v) is 15.1. The Balaban J connectivity index is 2.05. The lowest BCUT2D eigenvalue weighted by atomic mass is 9.85. The van der Waals surface area contributed by atoms with Crippen LogP contribution in [0.15, 0.2) is 45.4 Å². The summed E-state index contributed by atoms with van der Waals surface area (Å²) < 4.78 is 49.5. The lowest BCUT2D eigenvalue weighted by molar-refractivity contribution is -0.128. The number of hydrogen-bond acceptors (Lipinski definition) is 7. The van der Waals surface area contributed by atoms with Crippen molar-refractivity contribution in [1.82, 2.24) is 4.90 Å². The summed E-state index contributed by atoms with van der Waals surface area (Å²) in [6, 6.07) is 3.76. The molecule has 35 heavy (non-hydrogen) atoms. The number of rotatable bonds is 8. The highest BCUT2D eigenvalue weighted by Crippen LogP contribution is 2.52. The van der Waals surface area contributed by atoms with Gasteiger partial charge in [0, 0.05) is 19.3 Å². The van der Waals surface area contributed by atoms with E-state index in [1.54, 1.807) is 4.90 Å². The van der Waals surface area contributed by atoms with Crippen LogP contribution in [0.3, 0.4) is 0 Å². The number of amidine groups is 1. The molecule has 0 bridgehead atoms. The van der Waals surface area contributed by atoms with Crippen molar-refractivity contribution in [3.05, 3.63) is 40.6 Å². The van der Waals surface area contributed by atoms with E-state index >= 15 is 0 Å². The number of benzene rings is 1. The molecule has 192 valence electrons. The van der Waals surface area contributed by atoms with Gasteiger partial charge in [-0.05, 0) is 40.9 Å². The van der Waals surface area contributed by atoms with Gasteiger partial charge >= 0.3 is 7.52 Å². The van der Waals surface area contributed by atoms with Crippen molar-refractivity contribution in [2.24, 2.45) is 10.2 Å².